The van der Waals surface area contributed by atoms with Crippen LogP contribution >= 0.6 is 22.6 Å². The Morgan fingerprint density at radius 3 is 2.43 bits per heavy atom. The highest BCUT2D eigenvalue weighted by atomic mass is 127. The van der Waals surface area contributed by atoms with E-state index in [9.17, 15) is 4.79 Å². The molecule has 0 spiro atoms. The van der Waals surface area contributed by atoms with Crippen LogP contribution in [0.5, 0.6) is 0 Å². The normalized spacial score (nSPS) is 16.1. The molecule has 1 fully saturated rings. The molecule has 0 bridgehead atoms. The van der Waals surface area contributed by atoms with Crippen LogP contribution in [0.25, 0.3) is 0 Å². The van der Waals surface area contributed by atoms with E-state index in [2.05, 4.69) is 27.5 Å². The number of carbonyl (C=O) groups excluding carboxylic acids is 1. The molecular weight excluding hydrogens is 379 g/mol. The summed E-state index contributed by atoms with van der Waals surface area (Å²) in [6.45, 7) is 4.13. The van der Waals surface area contributed by atoms with Crippen molar-refractivity contribution in [3.63, 3.8) is 0 Å². The molecule has 0 aliphatic carbocycles. The van der Waals surface area contributed by atoms with Crippen LogP contribution in [0.2, 0.25) is 0 Å². The average molecular weight is 396 g/mol. The summed E-state index contributed by atoms with van der Waals surface area (Å²) in [4.78, 5) is 16.7. The van der Waals surface area contributed by atoms with E-state index >= 15 is 0 Å². The molecule has 0 radical (unpaired) electrons. The quantitative estimate of drug-likeness (QED) is 0.749. The second kappa shape index (κ2) is 6.62. The first-order chi connectivity index (χ1) is 10.2. The predicted molar refractivity (Wildman–Crippen MR) is 89.0 cm³/mol. The van der Waals surface area contributed by atoms with Gasteiger partial charge in [0, 0.05) is 35.3 Å². The maximum atomic E-state index is 12.4. The fourth-order valence-electron chi connectivity index (χ4n) is 2.51. The van der Waals surface area contributed by atoms with Crippen molar-refractivity contribution in [2.24, 2.45) is 0 Å². The van der Waals surface area contributed by atoms with Crippen molar-refractivity contribution in [1.82, 2.24) is 9.80 Å². The Labute approximate surface area is 137 Å². The third-order valence-corrected chi connectivity index (χ3v) is 4.43. The van der Waals surface area contributed by atoms with Crippen LogP contribution in [0.4, 0.5) is 0 Å². The van der Waals surface area contributed by atoms with Gasteiger partial charge in [-0.3, -0.25) is 9.69 Å². The Morgan fingerprint density at radius 2 is 1.81 bits per heavy atom. The van der Waals surface area contributed by atoms with Gasteiger partial charge < -0.3 is 9.32 Å². The van der Waals surface area contributed by atoms with Crippen LogP contribution in [-0.2, 0) is 6.54 Å². The van der Waals surface area contributed by atoms with Gasteiger partial charge in [0.05, 0.1) is 12.8 Å². The Balaban J connectivity index is 1.55. The molecule has 0 atom stereocenters. The van der Waals surface area contributed by atoms with Gasteiger partial charge in [0.1, 0.15) is 5.76 Å². The first kappa shape index (κ1) is 14.6. The lowest BCUT2D eigenvalue weighted by Crippen LogP contribution is -2.48. The maximum absolute atomic E-state index is 12.4. The van der Waals surface area contributed by atoms with Gasteiger partial charge in [-0.25, -0.2) is 0 Å². The lowest BCUT2D eigenvalue weighted by atomic mass is 10.2. The molecule has 110 valence electrons. The van der Waals surface area contributed by atoms with E-state index in [1.54, 1.807) is 6.26 Å². The number of amides is 1. The lowest BCUT2D eigenvalue weighted by Gasteiger charge is -2.34. The van der Waals surface area contributed by atoms with Gasteiger partial charge >= 0.3 is 0 Å². The maximum Gasteiger partial charge on any atom is 0.253 e. The van der Waals surface area contributed by atoms with Crippen LogP contribution in [0.15, 0.2) is 47.1 Å². The number of hydrogen-bond donors (Lipinski definition) is 0. The molecule has 21 heavy (non-hydrogen) atoms. The van der Waals surface area contributed by atoms with Gasteiger partial charge in [-0.2, -0.15) is 0 Å². The molecule has 3 rings (SSSR count). The number of rotatable bonds is 3. The minimum atomic E-state index is 0.129. The second-order valence-electron chi connectivity index (χ2n) is 5.15. The van der Waals surface area contributed by atoms with Gasteiger partial charge in [-0.05, 0) is 59.0 Å². The summed E-state index contributed by atoms with van der Waals surface area (Å²) in [5.74, 6) is 1.11. The molecule has 5 heteroatoms. The summed E-state index contributed by atoms with van der Waals surface area (Å²) in [5, 5.41) is 0. The highest BCUT2D eigenvalue weighted by Crippen LogP contribution is 2.13. The summed E-state index contributed by atoms with van der Waals surface area (Å²) in [7, 11) is 0. The molecule has 0 unspecified atom stereocenters. The Kier molecular flexibility index (Phi) is 4.60. The first-order valence-corrected chi connectivity index (χ1v) is 8.10. The highest BCUT2D eigenvalue weighted by molar-refractivity contribution is 14.1. The summed E-state index contributed by atoms with van der Waals surface area (Å²) in [6, 6.07) is 11.6. The molecule has 1 aromatic carbocycles. The van der Waals surface area contributed by atoms with E-state index in [0.29, 0.717) is 0 Å². The predicted octanol–water partition coefficient (Wildman–Crippen LogP) is 2.84. The monoisotopic (exact) mass is 396 g/mol. The smallest absolute Gasteiger partial charge is 0.253 e. The third-order valence-electron chi connectivity index (χ3n) is 3.71. The first-order valence-electron chi connectivity index (χ1n) is 7.02. The molecule has 1 aliphatic rings. The number of benzene rings is 1. The van der Waals surface area contributed by atoms with E-state index in [0.717, 1.165) is 47.6 Å². The number of piperazine rings is 1. The zero-order valence-corrected chi connectivity index (χ0v) is 13.8. The van der Waals surface area contributed by atoms with Gasteiger partial charge in [0.15, 0.2) is 0 Å². The van der Waals surface area contributed by atoms with Gasteiger partial charge in [-0.1, -0.05) is 0 Å². The minimum Gasteiger partial charge on any atom is -0.468 e. The second-order valence-corrected chi connectivity index (χ2v) is 6.40. The number of nitrogens with zero attached hydrogens (tertiary/aromatic N) is 2. The molecule has 1 amide bonds. The molecule has 4 nitrogen and oxygen atoms in total. The third kappa shape index (κ3) is 3.65. The molecular formula is C16H17IN2O2. The summed E-state index contributed by atoms with van der Waals surface area (Å²) < 4.78 is 6.51. The van der Waals surface area contributed by atoms with E-state index in [1.165, 1.54) is 0 Å². The fourth-order valence-corrected chi connectivity index (χ4v) is 2.87. The number of carbonyl (C=O) groups is 1. The van der Waals surface area contributed by atoms with Crippen LogP contribution in [-0.4, -0.2) is 41.9 Å². The highest BCUT2D eigenvalue weighted by Gasteiger charge is 2.22. The van der Waals surface area contributed by atoms with E-state index in [4.69, 9.17) is 4.42 Å². The zero-order valence-electron chi connectivity index (χ0n) is 11.7. The van der Waals surface area contributed by atoms with Crippen molar-refractivity contribution >= 4 is 28.5 Å². The standard InChI is InChI=1S/C16H17IN2O2/c17-14-5-3-13(4-6-14)16(20)19-9-7-18(8-10-19)12-15-2-1-11-21-15/h1-6,11H,7-10,12H2. The fraction of sp³-hybridized carbons (Fsp3) is 0.312. The SMILES string of the molecule is O=C(c1ccc(I)cc1)N1CCN(Cc2ccco2)CC1. The Hall–Kier alpha value is -1.34. The molecule has 0 saturated carbocycles. The van der Waals surface area contributed by atoms with Crippen LogP contribution in [0.1, 0.15) is 16.1 Å². The molecule has 2 aromatic rings. The minimum absolute atomic E-state index is 0.129. The summed E-state index contributed by atoms with van der Waals surface area (Å²) in [6.07, 6.45) is 1.70. The lowest BCUT2D eigenvalue weighted by molar-refractivity contribution is 0.0620. The molecule has 1 aromatic heterocycles. The van der Waals surface area contributed by atoms with Crippen molar-refractivity contribution in [2.75, 3.05) is 26.2 Å². The number of halogens is 1. The average Bonchev–Trinajstić information content (AvgIpc) is 3.01. The number of hydrogen-bond acceptors (Lipinski definition) is 3. The van der Waals surface area contributed by atoms with Crippen molar-refractivity contribution in [3.05, 3.63) is 57.6 Å². The molecule has 2 heterocycles. The Morgan fingerprint density at radius 1 is 1.10 bits per heavy atom. The number of furan rings is 1. The van der Waals surface area contributed by atoms with E-state index in [-0.39, 0.29) is 5.91 Å². The van der Waals surface area contributed by atoms with E-state index < -0.39 is 0 Å². The molecule has 1 saturated heterocycles. The van der Waals surface area contributed by atoms with Crippen molar-refractivity contribution in [2.45, 2.75) is 6.54 Å². The molecule has 0 N–H and O–H groups in total. The van der Waals surface area contributed by atoms with Crippen molar-refractivity contribution in [1.29, 1.82) is 0 Å². The van der Waals surface area contributed by atoms with E-state index in [1.807, 2.05) is 41.3 Å². The summed E-state index contributed by atoms with van der Waals surface area (Å²) >= 11 is 2.25. The van der Waals surface area contributed by atoms with Crippen molar-refractivity contribution in [3.8, 4) is 0 Å². The van der Waals surface area contributed by atoms with Crippen LogP contribution < -0.4 is 0 Å². The Bertz CT molecular complexity index is 587. The zero-order chi connectivity index (χ0) is 14.7. The van der Waals surface area contributed by atoms with Gasteiger partial charge in [0.25, 0.3) is 5.91 Å². The van der Waals surface area contributed by atoms with Crippen molar-refractivity contribution < 1.29 is 9.21 Å². The largest absolute Gasteiger partial charge is 0.468 e. The van der Waals surface area contributed by atoms with Gasteiger partial charge in [-0.15, -0.1) is 0 Å². The van der Waals surface area contributed by atoms with Crippen LogP contribution in [0.3, 0.4) is 0 Å². The summed E-state index contributed by atoms with van der Waals surface area (Å²) in [5.41, 5.74) is 0.773. The van der Waals surface area contributed by atoms with Crippen LogP contribution in [0, 0.1) is 3.57 Å². The topological polar surface area (TPSA) is 36.7 Å². The van der Waals surface area contributed by atoms with Gasteiger partial charge in [0.2, 0.25) is 0 Å². The molecule has 1 aliphatic heterocycles.